The van der Waals surface area contributed by atoms with Crippen molar-refractivity contribution < 1.29 is 56.9 Å². The molecule has 0 radical (unpaired) electrons. The third-order valence-electron chi connectivity index (χ3n) is 5.11. The number of nitrogens with two attached hydrogens (primary N) is 1. The maximum absolute atomic E-state index is 11.1. The number of carbonyl (C=O) groups is 1. The molecule has 0 amide bonds. The number of carbonyl (C=O) groups excluding carboxylic acids is 1. The Bertz CT molecular complexity index is 710. The van der Waals surface area contributed by atoms with E-state index in [2.05, 4.69) is 0 Å². The first kappa shape index (κ1) is 38.0. The van der Waals surface area contributed by atoms with Gasteiger partial charge in [-0.1, -0.05) is 0 Å². The first-order chi connectivity index (χ1) is 20.7. The van der Waals surface area contributed by atoms with Crippen LogP contribution in [0.2, 0.25) is 0 Å². The molecule has 0 aliphatic carbocycles. The van der Waals surface area contributed by atoms with Gasteiger partial charge in [-0.15, -0.1) is 0 Å². The molecule has 2 N–H and O–H groups in total. The van der Waals surface area contributed by atoms with Crippen LogP contribution in [-0.2, 0) is 52.2 Å². The molecule has 13 nitrogen and oxygen atoms in total. The van der Waals surface area contributed by atoms with Gasteiger partial charge in [0.25, 0.3) is 0 Å². The van der Waals surface area contributed by atoms with Crippen LogP contribution in [0.3, 0.4) is 0 Å². The highest BCUT2D eigenvalue weighted by molar-refractivity contribution is 5.69. The molecule has 0 fully saturated rings. The Morgan fingerprint density at radius 2 is 0.810 bits per heavy atom. The van der Waals surface area contributed by atoms with E-state index in [1.165, 1.54) is 0 Å². The fourth-order valence-corrected chi connectivity index (χ4v) is 3.03. The lowest BCUT2D eigenvalue weighted by molar-refractivity contribution is -0.144. The van der Waals surface area contributed by atoms with Gasteiger partial charge in [0.2, 0.25) is 0 Å². The van der Waals surface area contributed by atoms with E-state index in [0.29, 0.717) is 138 Å². The molecule has 0 saturated heterocycles. The molecule has 1 aromatic carbocycles. The van der Waals surface area contributed by atoms with Gasteiger partial charge in [0, 0.05) is 5.69 Å². The van der Waals surface area contributed by atoms with Crippen molar-refractivity contribution in [2.45, 2.75) is 13.3 Å². The molecule has 0 bridgehead atoms. The maximum atomic E-state index is 11.1. The summed E-state index contributed by atoms with van der Waals surface area (Å²) in [6.45, 7) is 11.3. The van der Waals surface area contributed by atoms with Gasteiger partial charge in [0.1, 0.15) is 12.4 Å². The molecule has 0 unspecified atom stereocenters. The van der Waals surface area contributed by atoms with E-state index < -0.39 is 0 Å². The molecule has 0 saturated carbocycles. The van der Waals surface area contributed by atoms with E-state index in [-0.39, 0.29) is 12.4 Å². The molecule has 0 aliphatic heterocycles. The van der Waals surface area contributed by atoms with Crippen molar-refractivity contribution in [1.82, 2.24) is 0 Å². The fraction of sp³-hybridized carbons (Fsp3) is 0.759. The number of rotatable bonds is 32. The van der Waals surface area contributed by atoms with Gasteiger partial charge in [-0.3, -0.25) is 4.79 Å². The molecule has 0 atom stereocenters. The highest BCUT2D eigenvalue weighted by Gasteiger charge is 2.01. The molecule has 0 spiro atoms. The van der Waals surface area contributed by atoms with Gasteiger partial charge in [0.15, 0.2) is 0 Å². The summed E-state index contributed by atoms with van der Waals surface area (Å²) in [6, 6.07) is 7.25. The third-order valence-corrected chi connectivity index (χ3v) is 5.11. The average Bonchev–Trinajstić information content (AvgIpc) is 2.99. The number of nitrogen functional groups attached to an aromatic ring is 1. The standard InChI is InChI=1S/C29H51NO12/c1-2-41-29(31)7-8-32-9-10-33-11-12-34-13-14-35-15-16-36-17-18-37-19-20-38-21-22-39-23-24-40-25-26-42-28-5-3-27(30)4-6-28/h3-6H,2,7-26,30H2,1H3. The van der Waals surface area contributed by atoms with Crippen LogP contribution < -0.4 is 10.5 Å². The van der Waals surface area contributed by atoms with Crippen LogP contribution in [0.4, 0.5) is 5.69 Å². The summed E-state index contributed by atoms with van der Waals surface area (Å²) in [5.74, 6) is 0.518. The van der Waals surface area contributed by atoms with Crippen LogP contribution in [0.1, 0.15) is 13.3 Å². The lowest BCUT2D eigenvalue weighted by Crippen LogP contribution is -2.15. The zero-order valence-electron chi connectivity index (χ0n) is 25.1. The smallest absolute Gasteiger partial charge is 0.308 e. The van der Waals surface area contributed by atoms with Crippen molar-refractivity contribution >= 4 is 11.7 Å². The number of benzene rings is 1. The van der Waals surface area contributed by atoms with Crippen LogP contribution in [0.25, 0.3) is 0 Å². The lowest BCUT2D eigenvalue weighted by atomic mass is 10.3. The Morgan fingerprint density at radius 1 is 0.500 bits per heavy atom. The number of hydrogen-bond acceptors (Lipinski definition) is 13. The summed E-state index contributed by atoms with van der Waals surface area (Å²) < 4.78 is 59.2. The van der Waals surface area contributed by atoms with Gasteiger partial charge in [-0.2, -0.15) is 0 Å². The third kappa shape index (κ3) is 26.8. The first-order valence-corrected chi connectivity index (χ1v) is 14.6. The molecule has 1 rings (SSSR count). The van der Waals surface area contributed by atoms with E-state index in [4.69, 9.17) is 57.8 Å². The second-order valence-corrected chi connectivity index (χ2v) is 8.48. The molecule has 244 valence electrons. The van der Waals surface area contributed by atoms with Crippen molar-refractivity contribution in [3.8, 4) is 5.75 Å². The van der Waals surface area contributed by atoms with E-state index in [9.17, 15) is 4.79 Å². The zero-order valence-corrected chi connectivity index (χ0v) is 25.1. The van der Waals surface area contributed by atoms with Crippen molar-refractivity contribution in [2.75, 3.05) is 138 Å². The minimum atomic E-state index is -0.251. The van der Waals surface area contributed by atoms with Crippen LogP contribution in [-0.4, -0.2) is 138 Å². The zero-order chi connectivity index (χ0) is 30.2. The largest absolute Gasteiger partial charge is 0.491 e. The number of anilines is 1. The first-order valence-electron chi connectivity index (χ1n) is 14.6. The van der Waals surface area contributed by atoms with Gasteiger partial charge < -0.3 is 57.8 Å². The molecule has 42 heavy (non-hydrogen) atoms. The van der Waals surface area contributed by atoms with Crippen LogP contribution in [0.15, 0.2) is 24.3 Å². The van der Waals surface area contributed by atoms with E-state index in [0.717, 1.165) is 5.75 Å². The molecular weight excluding hydrogens is 554 g/mol. The Morgan fingerprint density at radius 3 is 1.14 bits per heavy atom. The van der Waals surface area contributed by atoms with Gasteiger partial charge in [0.05, 0.1) is 132 Å². The van der Waals surface area contributed by atoms with Gasteiger partial charge in [-0.25, -0.2) is 0 Å². The average molecular weight is 606 g/mol. The molecule has 1 aromatic rings. The summed E-state index contributed by atoms with van der Waals surface area (Å²) >= 11 is 0. The Balaban J connectivity index is 1.64. The minimum Gasteiger partial charge on any atom is -0.491 e. The summed E-state index contributed by atoms with van der Waals surface area (Å²) in [5, 5.41) is 0. The van der Waals surface area contributed by atoms with E-state index >= 15 is 0 Å². The van der Waals surface area contributed by atoms with E-state index in [1.54, 1.807) is 19.1 Å². The summed E-state index contributed by atoms with van der Waals surface area (Å²) in [7, 11) is 0. The Hall–Kier alpha value is -2.07. The molecule has 0 aromatic heterocycles. The highest BCUT2D eigenvalue weighted by Crippen LogP contribution is 2.12. The maximum Gasteiger partial charge on any atom is 0.308 e. The SMILES string of the molecule is CCOC(=O)CCOCCOCCOCCOCCOCCOCCOCCOCCOCCOc1ccc(N)cc1. The van der Waals surface area contributed by atoms with Crippen molar-refractivity contribution in [2.24, 2.45) is 0 Å². The molecule has 13 heteroatoms. The van der Waals surface area contributed by atoms with Crippen molar-refractivity contribution in [1.29, 1.82) is 0 Å². The summed E-state index contributed by atoms with van der Waals surface area (Å²) in [6.07, 6.45) is 0.256. The fourth-order valence-electron chi connectivity index (χ4n) is 3.03. The highest BCUT2D eigenvalue weighted by atomic mass is 16.6. The molecule has 0 aliphatic rings. The van der Waals surface area contributed by atoms with Crippen molar-refractivity contribution in [3.63, 3.8) is 0 Å². The lowest BCUT2D eigenvalue weighted by Gasteiger charge is -2.09. The predicted molar refractivity (Wildman–Crippen MR) is 155 cm³/mol. The summed E-state index contributed by atoms with van der Waals surface area (Å²) in [4.78, 5) is 11.1. The van der Waals surface area contributed by atoms with Crippen LogP contribution in [0, 0.1) is 0 Å². The second-order valence-electron chi connectivity index (χ2n) is 8.48. The van der Waals surface area contributed by atoms with Gasteiger partial charge >= 0.3 is 5.97 Å². The molecule has 0 heterocycles. The van der Waals surface area contributed by atoms with E-state index in [1.807, 2.05) is 12.1 Å². The number of hydrogen-bond donors (Lipinski definition) is 1. The Labute approximate surface area is 250 Å². The number of ether oxygens (including phenoxy) is 11. The van der Waals surface area contributed by atoms with Crippen LogP contribution in [0.5, 0.6) is 5.75 Å². The number of esters is 1. The predicted octanol–water partition coefficient (Wildman–Crippen LogP) is 1.75. The van der Waals surface area contributed by atoms with Crippen molar-refractivity contribution in [3.05, 3.63) is 24.3 Å². The second kappa shape index (κ2) is 30.4. The topological polar surface area (TPSA) is 145 Å². The normalized spacial score (nSPS) is 11.2. The summed E-state index contributed by atoms with van der Waals surface area (Å²) in [5.41, 5.74) is 6.34. The quantitative estimate of drug-likeness (QED) is 0.0724. The van der Waals surface area contributed by atoms with Crippen LogP contribution >= 0.6 is 0 Å². The minimum absolute atomic E-state index is 0.251. The van der Waals surface area contributed by atoms with Gasteiger partial charge in [-0.05, 0) is 31.2 Å². The molecular formula is C29H51NO12. The monoisotopic (exact) mass is 605 g/mol. The Kier molecular flexibility index (Phi) is 27.5.